The number of carbonyl (C=O) groups excluding carboxylic acids is 1. The summed E-state index contributed by atoms with van der Waals surface area (Å²) in [6, 6.07) is 3.84. The molecule has 98 valence electrons. The van der Waals surface area contributed by atoms with E-state index in [0.29, 0.717) is 17.4 Å². The minimum Gasteiger partial charge on any atom is -0.397 e. The molecule has 4 heteroatoms. The van der Waals surface area contributed by atoms with Gasteiger partial charge in [0.15, 0.2) is 0 Å². The number of anilines is 1. The number of carbonyl (C=O) groups is 1. The molecule has 0 bridgehead atoms. The molecule has 1 aliphatic heterocycles. The molecule has 18 heavy (non-hydrogen) atoms. The molecule has 0 radical (unpaired) electrons. The fraction of sp³-hybridized carbons (Fsp3) is 0.571. The van der Waals surface area contributed by atoms with E-state index in [4.69, 9.17) is 5.73 Å². The van der Waals surface area contributed by atoms with Crippen LogP contribution in [0, 0.1) is 0 Å². The van der Waals surface area contributed by atoms with Crippen LogP contribution < -0.4 is 5.73 Å². The van der Waals surface area contributed by atoms with Gasteiger partial charge in [0, 0.05) is 12.6 Å². The van der Waals surface area contributed by atoms with E-state index in [0.717, 1.165) is 32.2 Å². The van der Waals surface area contributed by atoms with Gasteiger partial charge in [-0.1, -0.05) is 13.3 Å². The van der Waals surface area contributed by atoms with Gasteiger partial charge in [-0.2, -0.15) is 0 Å². The fourth-order valence-electron chi connectivity index (χ4n) is 2.58. The molecule has 1 aliphatic rings. The molecule has 1 aromatic rings. The summed E-state index contributed by atoms with van der Waals surface area (Å²) in [5, 5.41) is 0. The average molecular weight is 247 g/mol. The number of likely N-dealkylation sites (tertiary alicyclic amines) is 1. The second kappa shape index (κ2) is 5.85. The zero-order chi connectivity index (χ0) is 13.0. The SMILES string of the molecule is CCCC1CCCCN1C(=O)c1ccc(N)cn1. The van der Waals surface area contributed by atoms with E-state index in [9.17, 15) is 4.79 Å². The molecular weight excluding hydrogens is 226 g/mol. The lowest BCUT2D eigenvalue weighted by atomic mass is 9.98. The maximum Gasteiger partial charge on any atom is 0.272 e. The normalized spacial score (nSPS) is 19.8. The van der Waals surface area contributed by atoms with Crippen LogP contribution in [0.4, 0.5) is 5.69 Å². The molecular formula is C14H21N3O. The minimum absolute atomic E-state index is 0.0492. The van der Waals surface area contributed by atoms with Crippen LogP contribution in [-0.4, -0.2) is 28.4 Å². The monoisotopic (exact) mass is 247 g/mol. The summed E-state index contributed by atoms with van der Waals surface area (Å²) in [5.41, 5.74) is 6.69. The van der Waals surface area contributed by atoms with Gasteiger partial charge in [0.25, 0.3) is 5.91 Å². The Labute approximate surface area is 108 Å². The van der Waals surface area contributed by atoms with Gasteiger partial charge in [-0.05, 0) is 37.8 Å². The Bertz CT molecular complexity index is 400. The maximum absolute atomic E-state index is 12.4. The molecule has 4 nitrogen and oxygen atoms in total. The fourth-order valence-corrected chi connectivity index (χ4v) is 2.58. The van der Waals surface area contributed by atoms with Crippen molar-refractivity contribution in [3.05, 3.63) is 24.0 Å². The van der Waals surface area contributed by atoms with E-state index in [1.165, 1.54) is 6.42 Å². The lowest BCUT2D eigenvalue weighted by Crippen LogP contribution is -2.43. The Kier molecular flexibility index (Phi) is 4.18. The van der Waals surface area contributed by atoms with Crippen LogP contribution in [0.1, 0.15) is 49.5 Å². The first-order chi connectivity index (χ1) is 8.72. The Hall–Kier alpha value is -1.58. The summed E-state index contributed by atoms with van der Waals surface area (Å²) in [4.78, 5) is 18.5. The van der Waals surface area contributed by atoms with Crippen LogP contribution in [-0.2, 0) is 0 Å². The second-order valence-corrected chi connectivity index (χ2v) is 4.91. The first kappa shape index (κ1) is 12.9. The van der Waals surface area contributed by atoms with Crippen LogP contribution >= 0.6 is 0 Å². The van der Waals surface area contributed by atoms with Crippen LogP contribution in [0.3, 0.4) is 0 Å². The van der Waals surface area contributed by atoms with Crippen molar-refractivity contribution in [2.75, 3.05) is 12.3 Å². The number of amides is 1. The van der Waals surface area contributed by atoms with Gasteiger partial charge in [0.1, 0.15) is 5.69 Å². The third kappa shape index (κ3) is 2.81. The Morgan fingerprint density at radius 2 is 2.33 bits per heavy atom. The smallest absolute Gasteiger partial charge is 0.272 e. The van der Waals surface area contributed by atoms with Gasteiger partial charge in [0.2, 0.25) is 0 Å². The number of hydrogen-bond acceptors (Lipinski definition) is 3. The van der Waals surface area contributed by atoms with Crippen molar-refractivity contribution < 1.29 is 4.79 Å². The van der Waals surface area contributed by atoms with E-state index >= 15 is 0 Å². The van der Waals surface area contributed by atoms with Gasteiger partial charge >= 0.3 is 0 Å². The molecule has 2 heterocycles. The first-order valence-electron chi connectivity index (χ1n) is 6.75. The van der Waals surface area contributed by atoms with E-state index in [2.05, 4.69) is 11.9 Å². The number of nitrogens with zero attached hydrogens (tertiary/aromatic N) is 2. The molecule has 1 amide bonds. The molecule has 0 spiro atoms. The van der Waals surface area contributed by atoms with E-state index < -0.39 is 0 Å². The van der Waals surface area contributed by atoms with Crippen molar-refractivity contribution in [1.29, 1.82) is 0 Å². The predicted molar refractivity (Wildman–Crippen MR) is 72.2 cm³/mol. The van der Waals surface area contributed by atoms with Crippen molar-refractivity contribution in [1.82, 2.24) is 9.88 Å². The van der Waals surface area contributed by atoms with Crippen LogP contribution in [0.2, 0.25) is 0 Å². The van der Waals surface area contributed by atoms with E-state index in [-0.39, 0.29) is 5.91 Å². The topological polar surface area (TPSA) is 59.2 Å². The third-order valence-electron chi connectivity index (χ3n) is 3.52. The lowest BCUT2D eigenvalue weighted by Gasteiger charge is -2.35. The summed E-state index contributed by atoms with van der Waals surface area (Å²) in [7, 11) is 0. The van der Waals surface area contributed by atoms with Crippen molar-refractivity contribution in [2.24, 2.45) is 0 Å². The highest BCUT2D eigenvalue weighted by Crippen LogP contribution is 2.22. The molecule has 1 aromatic heterocycles. The largest absolute Gasteiger partial charge is 0.397 e. The van der Waals surface area contributed by atoms with Gasteiger partial charge in [0.05, 0.1) is 11.9 Å². The van der Waals surface area contributed by atoms with E-state index in [1.807, 2.05) is 4.90 Å². The first-order valence-corrected chi connectivity index (χ1v) is 6.75. The quantitative estimate of drug-likeness (QED) is 0.892. The predicted octanol–water partition coefficient (Wildman–Crippen LogP) is 2.46. The maximum atomic E-state index is 12.4. The lowest BCUT2D eigenvalue weighted by molar-refractivity contribution is 0.0594. The number of nitrogen functional groups attached to an aromatic ring is 1. The van der Waals surface area contributed by atoms with Crippen molar-refractivity contribution in [3.8, 4) is 0 Å². The molecule has 1 saturated heterocycles. The summed E-state index contributed by atoms with van der Waals surface area (Å²) >= 11 is 0. The molecule has 0 saturated carbocycles. The van der Waals surface area contributed by atoms with Crippen LogP contribution in [0.15, 0.2) is 18.3 Å². The zero-order valence-corrected chi connectivity index (χ0v) is 10.9. The van der Waals surface area contributed by atoms with Crippen molar-refractivity contribution >= 4 is 11.6 Å². The second-order valence-electron chi connectivity index (χ2n) is 4.91. The number of rotatable bonds is 3. The number of hydrogen-bond donors (Lipinski definition) is 1. The van der Waals surface area contributed by atoms with Crippen LogP contribution in [0.5, 0.6) is 0 Å². The number of piperidine rings is 1. The molecule has 0 aliphatic carbocycles. The molecule has 2 N–H and O–H groups in total. The standard InChI is InChI=1S/C14H21N3O/c1-2-5-12-6-3-4-9-17(12)14(18)13-8-7-11(15)10-16-13/h7-8,10,12H,2-6,9,15H2,1H3. The van der Waals surface area contributed by atoms with Gasteiger partial charge in [-0.15, -0.1) is 0 Å². The van der Waals surface area contributed by atoms with E-state index in [1.54, 1.807) is 18.3 Å². The number of nitrogens with two attached hydrogens (primary N) is 1. The Morgan fingerprint density at radius 3 is 3.00 bits per heavy atom. The highest BCUT2D eigenvalue weighted by molar-refractivity contribution is 5.92. The molecule has 1 atom stereocenters. The molecule has 2 rings (SSSR count). The average Bonchev–Trinajstić information content (AvgIpc) is 2.40. The van der Waals surface area contributed by atoms with Crippen LogP contribution in [0.25, 0.3) is 0 Å². The highest BCUT2D eigenvalue weighted by atomic mass is 16.2. The Morgan fingerprint density at radius 1 is 1.50 bits per heavy atom. The van der Waals surface area contributed by atoms with Gasteiger partial charge in [-0.3, -0.25) is 4.79 Å². The number of pyridine rings is 1. The Balaban J connectivity index is 2.12. The third-order valence-corrected chi connectivity index (χ3v) is 3.52. The summed E-state index contributed by atoms with van der Waals surface area (Å²) in [6.07, 6.45) is 7.19. The summed E-state index contributed by atoms with van der Waals surface area (Å²) in [6.45, 7) is 3.02. The molecule has 1 unspecified atom stereocenters. The van der Waals surface area contributed by atoms with Gasteiger partial charge < -0.3 is 10.6 Å². The minimum atomic E-state index is 0.0492. The highest BCUT2D eigenvalue weighted by Gasteiger charge is 2.27. The van der Waals surface area contributed by atoms with Gasteiger partial charge in [-0.25, -0.2) is 4.98 Å². The number of aromatic nitrogens is 1. The molecule has 0 aromatic carbocycles. The van der Waals surface area contributed by atoms with Crippen molar-refractivity contribution in [2.45, 2.75) is 45.1 Å². The summed E-state index contributed by atoms with van der Waals surface area (Å²) in [5.74, 6) is 0.0492. The summed E-state index contributed by atoms with van der Waals surface area (Å²) < 4.78 is 0. The zero-order valence-electron chi connectivity index (χ0n) is 10.9. The van der Waals surface area contributed by atoms with Crippen molar-refractivity contribution in [3.63, 3.8) is 0 Å². The molecule has 1 fully saturated rings.